The Balaban J connectivity index is 3.06. The molecule has 0 fully saturated rings. The highest BCUT2D eigenvalue weighted by atomic mass is 127. The molecule has 0 bridgehead atoms. The Morgan fingerprint density at radius 3 is 2.87 bits per heavy atom. The molecule has 0 amide bonds. The molecule has 3 nitrogen and oxygen atoms in total. The number of methoxy groups -OCH3 is 1. The van der Waals surface area contributed by atoms with Crippen LogP contribution in [0.2, 0.25) is 0 Å². The number of halogens is 3. The van der Waals surface area contributed by atoms with Crippen LogP contribution < -0.4 is 0 Å². The number of carbonyl (C=O) groups excluding carboxylic acids is 1. The summed E-state index contributed by atoms with van der Waals surface area (Å²) in [6, 6.07) is 1.40. The van der Waals surface area contributed by atoms with Crippen molar-refractivity contribution >= 4 is 28.6 Å². The van der Waals surface area contributed by atoms with Crippen LogP contribution in [-0.2, 0) is 16.0 Å². The molecule has 0 saturated heterocycles. The Hall–Kier alpha value is -0.790. The van der Waals surface area contributed by atoms with Crippen LogP contribution >= 0.6 is 22.6 Å². The molecule has 0 saturated carbocycles. The molecule has 0 aliphatic rings. The maximum atomic E-state index is 12.6. The molecule has 1 aromatic heterocycles. The van der Waals surface area contributed by atoms with Crippen molar-refractivity contribution in [2.24, 2.45) is 0 Å². The standard InChI is InChI=1S/C9H8F2INO2/c1-15-6(14)4-5-2-3-13-9(12)7(5)8(10)11/h2-3,8H,4H2,1H3. The first kappa shape index (κ1) is 12.3. The largest absolute Gasteiger partial charge is 0.469 e. The highest BCUT2D eigenvalue weighted by molar-refractivity contribution is 14.1. The lowest BCUT2D eigenvalue weighted by Crippen LogP contribution is -2.09. The van der Waals surface area contributed by atoms with Gasteiger partial charge in [0, 0.05) is 6.20 Å². The van der Waals surface area contributed by atoms with Crippen molar-refractivity contribution in [1.29, 1.82) is 0 Å². The smallest absolute Gasteiger partial charge is 0.309 e. The summed E-state index contributed by atoms with van der Waals surface area (Å²) in [7, 11) is 1.22. The molecule has 0 unspecified atom stereocenters. The first-order chi connectivity index (χ1) is 7.06. The number of hydrogen-bond donors (Lipinski definition) is 0. The molecule has 0 atom stereocenters. The van der Waals surface area contributed by atoms with Crippen molar-refractivity contribution in [1.82, 2.24) is 4.98 Å². The second-order valence-corrected chi connectivity index (χ2v) is 3.75. The molecular formula is C9H8F2INO2. The van der Waals surface area contributed by atoms with E-state index < -0.39 is 12.4 Å². The number of alkyl halides is 2. The summed E-state index contributed by atoms with van der Waals surface area (Å²) in [5.74, 6) is -0.543. The second kappa shape index (κ2) is 5.34. The van der Waals surface area contributed by atoms with Gasteiger partial charge in [-0.3, -0.25) is 4.79 Å². The minimum absolute atomic E-state index is 0.158. The van der Waals surface area contributed by atoms with E-state index in [4.69, 9.17) is 0 Å². The zero-order chi connectivity index (χ0) is 11.4. The molecule has 15 heavy (non-hydrogen) atoms. The quantitative estimate of drug-likeness (QED) is 0.486. The van der Waals surface area contributed by atoms with Crippen molar-refractivity contribution < 1.29 is 18.3 Å². The maximum Gasteiger partial charge on any atom is 0.309 e. The van der Waals surface area contributed by atoms with Crippen LogP contribution in [0.3, 0.4) is 0 Å². The molecule has 1 aromatic rings. The SMILES string of the molecule is COC(=O)Cc1ccnc(I)c1C(F)F. The fraction of sp³-hybridized carbons (Fsp3) is 0.333. The molecule has 6 heteroatoms. The first-order valence-corrected chi connectivity index (χ1v) is 5.12. The minimum Gasteiger partial charge on any atom is -0.469 e. The van der Waals surface area contributed by atoms with Gasteiger partial charge in [0.1, 0.15) is 3.70 Å². The van der Waals surface area contributed by atoms with E-state index in [0.717, 1.165) is 0 Å². The lowest BCUT2D eigenvalue weighted by atomic mass is 10.1. The average Bonchev–Trinajstić information content (AvgIpc) is 2.17. The third-order valence-electron chi connectivity index (χ3n) is 1.81. The zero-order valence-corrected chi connectivity index (χ0v) is 9.99. The highest BCUT2D eigenvalue weighted by Crippen LogP contribution is 2.26. The van der Waals surface area contributed by atoms with Crippen molar-refractivity contribution in [3.05, 3.63) is 27.1 Å². The number of rotatable bonds is 3. The fourth-order valence-electron chi connectivity index (χ4n) is 1.10. The van der Waals surface area contributed by atoms with Gasteiger partial charge in [-0.2, -0.15) is 0 Å². The normalized spacial score (nSPS) is 10.5. The minimum atomic E-state index is -2.63. The predicted octanol–water partition coefficient (Wildman–Crippen LogP) is 2.34. The van der Waals surface area contributed by atoms with Gasteiger partial charge in [-0.25, -0.2) is 13.8 Å². The monoisotopic (exact) mass is 327 g/mol. The number of ether oxygens (including phenoxy) is 1. The lowest BCUT2D eigenvalue weighted by Gasteiger charge is -2.08. The molecule has 82 valence electrons. The van der Waals surface area contributed by atoms with E-state index in [2.05, 4.69) is 9.72 Å². The van der Waals surface area contributed by atoms with Crippen LogP contribution in [0.15, 0.2) is 12.3 Å². The molecule has 1 heterocycles. The summed E-state index contributed by atoms with van der Waals surface area (Å²) >= 11 is 1.72. The van der Waals surface area contributed by atoms with Crippen LogP contribution in [0.4, 0.5) is 8.78 Å². The third kappa shape index (κ3) is 3.08. The molecule has 0 aliphatic carbocycles. The molecule has 0 radical (unpaired) electrons. The van der Waals surface area contributed by atoms with Crippen molar-refractivity contribution in [3.8, 4) is 0 Å². The number of hydrogen-bond acceptors (Lipinski definition) is 3. The van der Waals surface area contributed by atoms with Gasteiger partial charge >= 0.3 is 5.97 Å². The summed E-state index contributed by atoms with van der Waals surface area (Å²) in [4.78, 5) is 14.7. The Kier molecular flexibility index (Phi) is 4.37. The summed E-state index contributed by atoms with van der Waals surface area (Å²) < 4.78 is 29.9. The van der Waals surface area contributed by atoms with E-state index in [0.29, 0.717) is 0 Å². The van der Waals surface area contributed by atoms with Crippen LogP contribution in [-0.4, -0.2) is 18.1 Å². The average molecular weight is 327 g/mol. The van der Waals surface area contributed by atoms with Crippen molar-refractivity contribution in [2.75, 3.05) is 7.11 Å². The van der Waals surface area contributed by atoms with Gasteiger partial charge in [-0.15, -0.1) is 0 Å². The zero-order valence-electron chi connectivity index (χ0n) is 7.84. The predicted molar refractivity (Wildman–Crippen MR) is 57.6 cm³/mol. The van der Waals surface area contributed by atoms with Gasteiger partial charge in [0.05, 0.1) is 19.1 Å². The third-order valence-corrected chi connectivity index (χ3v) is 2.67. The van der Waals surface area contributed by atoms with E-state index in [1.54, 1.807) is 22.6 Å². The van der Waals surface area contributed by atoms with E-state index in [-0.39, 0.29) is 21.2 Å². The molecule has 0 aliphatic heterocycles. The number of esters is 1. The Morgan fingerprint density at radius 2 is 2.33 bits per heavy atom. The first-order valence-electron chi connectivity index (χ1n) is 4.04. The van der Waals surface area contributed by atoms with Gasteiger partial charge in [0.15, 0.2) is 0 Å². The molecule has 1 rings (SSSR count). The van der Waals surface area contributed by atoms with Gasteiger partial charge in [-0.1, -0.05) is 0 Å². The summed E-state index contributed by atoms with van der Waals surface area (Å²) in [6.45, 7) is 0. The number of pyridine rings is 1. The van der Waals surface area contributed by atoms with Gasteiger partial charge in [0.2, 0.25) is 0 Å². The Labute approximate surface area is 99.0 Å². The van der Waals surface area contributed by atoms with Crippen LogP contribution in [0.5, 0.6) is 0 Å². The molecule has 0 spiro atoms. The summed E-state index contributed by atoms with van der Waals surface area (Å²) in [5.41, 5.74) is 0.0692. The Bertz CT molecular complexity index is 371. The van der Waals surface area contributed by atoms with Gasteiger partial charge in [-0.05, 0) is 34.2 Å². The van der Waals surface area contributed by atoms with E-state index in [1.165, 1.54) is 19.4 Å². The van der Waals surface area contributed by atoms with Gasteiger partial charge < -0.3 is 4.74 Å². The van der Waals surface area contributed by atoms with Crippen molar-refractivity contribution in [3.63, 3.8) is 0 Å². The van der Waals surface area contributed by atoms with E-state index >= 15 is 0 Å². The number of carbonyl (C=O) groups is 1. The van der Waals surface area contributed by atoms with Crippen LogP contribution in [0.1, 0.15) is 17.6 Å². The summed E-state index contributed by atoms with van der Waals surface area (Å²) in [5, 5.41) is 0. The van der Waals surface area contributed by atoms with E-state index in [1.807, 2.05) is 0 Å². The lowest BCUT2D eigenvalue weighted by molar-refractivity contribution is -0.139. The molecule has 0 N–H and O–H groups in total. The van der Waals surface area contributed by atoms with Crippen LogP contribution in [0.25, 0.3) is 0 Å². The summed E-state index contributed by atoms with van der Waals surface area (Å²) in [6.07, 6.45) is -1.40. The topological polar surface area (TPSA) is 39.2 Å². The van der Waals surface area contributed by atoms with Crippen molar-refractivity contribution in [2.45, 2.75) is 12.8 Å². The van der Waals surface area contributed by atoms with Crippen LogP contribution in [0, 0.1) is 3.70 Å². The second-order valence-electron chi connectivity index (χ2n) is 2.73. The Morgan fingerprint density at radius 1 is 1.67 bits per heavy atom. The van der Waals surface area contributed by atoms with E-state index in [9.17, 15) is 13.6 Å². The molecule has 0 aromatic carbocycles. The maximum absolute atomic E-state index is 12.6. The molecular weight excluding hydrogens is 319 g/mol. The number of aromatic nitrogens is 1. The highest BCUT2D eigenvalue weighted by Gasteiger charge is 2.19. The fourth-order valence-corrected chi connectivity index (χ4v) is 1.84. The number of nitrogens with zero attached hydrogens (tertiary/aromatic N) is 1. The van der Waals surface area contributed by atoms with Gasteiger partial charge in [0.25, 0.3) is 6.43 Å².